The molecule has 4 heteroatoms. The zero-order valence-corrected chi connectivity index (χ0v) is 11.8. The number of ether oxygens (including phenoxy) is 2. The van der Waals surface area contributed by atoms with Crippen molar-refractivity contribution in [2.75, 3.05) is 13.2 Å². The minimum Gasteiger partial charge on any atom is -0.493 e. The molecule has 0 amide bonds. The topological polar surface area (TPSA) is 58.9 Å². The molecule has 0 aliphatic carbocycles. The van der Waals surface area contributed by atoms with Crippen LogP contribution in [0.15, 0.2) is 60.7 Å². The number of hydrogen-bond acceptors (Lipinski definition) is 4. The Hall–Kier alpha value is -2.04. The molecule has 0 radical (unpaired) electrons. The third-order valence-electron chi connectivity index (χ3n) is 3.07. The van der Waals surface area contributed by atoms with Crippen molar-refractivity contribution < 1.29 is 19.7 Å². The van der Waals surface area contributed by atoms with E-state index in [-0.39, 0.29) is 6.61 Å². The second kappa shape index (κ2) is 8.29. The van der Waals surface area contributed by atoms with E-state index in [4.69, 9.17) is 9.47 Å². The highest BCUT2D eigenvalue weighted by atomic mass is 16.5. The number of aliphatic hydroxyl groups is 2. The van der Waals surface area contributed by atoms with Crippen LogP contribution in [0.4, 0.5) is 0 Å². The third-order valence-corrected chi connectivity index (χ3v) is 3.07. The second-order valence-electron chi connectivity index (χ2n) is 4.67. The third kappa shape index (κ3) is 5.10. The van der Waals surface area contributed by atoms with E-state index in [0.29, 0.717) is 18.8 Å². The molecular weight excluding hydrogens is 268 g/mol. The number of rotatable bonds is 8. The van der Waals surface area contributed by atoms with Gasteiger partial charge in [-0.15, -0.1) is 0 Å². The van der Waals surface area contributed by atoms with Crippen LogP contribution in [-0.2, 0) is 0 Å². The van der Waals surface area contributed by atoms with Crippen LogP contribution in [0.2, 0.25) is 0 Å². The van der Waals surface area contributed by atoms with Gasteiger partial charge < -0.3 is 19.7 Å². The van der Waals surface area contributed by atoms with Crippen LogP contribution in [0.5, 0.6) is 11.5 Å². The van der Waals surface area contributed by atoms with Gasteiger partial charge in [-0.25, -0.2) is 0 Å². The van der Waals surface area contributed by atoms with Gasteiger partial charge in [0.05, 0.1) is 19.3 Å². The van der Waals surface area contributed by atoms with E-state index < -0.39 is 12.2 Å². The molecule has 0 aliphatic rings. The largest absolute Gasteiger partial charge is 0.493 e. The van der Waals surface area contributed by atoms with Gasteiger partial charge in [0.25, 0.3) is 0 Å². The summed E-state index contributed by atoms with van der Waals surface area (Å²) in [6.07, 6.45) is -1.07. The van der Waals surface area contributed by atoms with E-state index in [0.717, 1.165) is 5.75 Å². The molecule has 21 heavy (non-hydrogen) atoms. The molecule has 0 bridgehead atoms. The lowest BCUT2D eigenvalue weighted by Gasteiger charge is -2.22. The molecule has 0 saturated carbocycles. The molecule has 2 atom stereocenters. The standard InChI is InChI=1S/C17H20O4/c18-13-17(21-15-9-5-2-6-10-15)16(19)11-12-20-14-7-3-1-4-8-14/h1-10,16-19H,11-13H2. The van der Waals surface area contributed by atoms with Gasteiger partial charge in [0.15, 0.2) is 0 Å². The maximum absolute atomic E-state index is 10.1. The molecule has 0 aliphatic heterocycles. The maximum atomic E-state index is 10.1. The first-order chi connectivity index (χ1) is 10.3. The van der Waals surface area contributed by atoms with E-state index in [1.165, 1.54) is 0 Å². The number of hydrogen-bond donors (Lipinski definition) is 2. The van der Waals surface area contributed by atoms with Crippen molar-refractivity contribution in [1.29, 1.82) is 0 Å². The van der Waals surface area contributed by atoms with Crippen LogP contribution in [0.1, 0.15) is 6.42 Å². The second-order valence-corrected chi connectivity index (χ2v) is 4.67. The summed E-state index contributed by atoms with van der Waals surface area (Å²) >= 11 is 0. The summed E-state index contributed by atoms with van der Waals surface area (Å²) in [5.41, 5.74) is 0. The van der Waals surface area contributed by atoms with Crippen molar-refractivity contribution in [3.63, 3.8) is 0 Å². The molecule has 0 aromatic heterocycles. The van der Waals surface area contributed by atoms with Crippen LogP contribution < -0.4 is 9.47 Å². The maximum Gasteiger partial charge on any atom is 0.147 e. The van der Waals surface area contributed by atoms with Crippen molar-refractivity contribution in [2.24, 2.45) is 0 Å². The SMILES string of the molecule is OCC(Oc1ccccc1)C(O)CCOc1ccccc1. The predicted molar refractivity (Wildman–Crippen MR) is 80.5 cm³/mol. The van der Waals surface area contributed by atoms with Gasteiger partial charge in [0.1, 0.15) is 17.6 Å². The molecule has 2 unspecified atom stereocenters. The van der Waals surface area contributed by atoms with Crippen molar-refractivity contribution in [3.05, 3.63) is 60.7 Å². The Labute approximate surface area is 124 Å². The first-order valence-electron chi connectivity index (χ1n) is 6.98. The van der Waals surface area contributed by atoms with Gasteiger partial charge in [-0.05, 0) is 24.3 Å². The molecule has 2 aromatic carbocycles. The summed E-state index contributed by atoms with van der Waals surface area (Å²) in [6, 6.07) is 18.5. The Balaban J connectivity index is 1.79. The number of aliphatic hydroxyl groups excluding tert-OH is 2. The van der Waals surface area contributed by atoms with Gasteiger partial charge in [0, 0.05) is 6.42 Å². The van der Waals surface area contributed by atoms with Crippen molar-refractivity contribution >= 4 is 0 Å². The van der Waals surface area contributed by atoms with Gasteiger partial charge in [-0.3, -0.25) is 0 Å². The Morgan fingerprint density at radius 2 is 1.43 bits per heavy atom. The molecule has 2 aromatic rings. The monoisotopic (exact) mass is 288 g/mol. The quantitative estimate of drug-likeness (QED) is 0.782. The van der Waals surface area contributed by atoms with Gasteiger partial charge in [-0.1, -0.05) is 36.4 Å². The Bertz CT molecular complexity index is 501. The normalized spacial score (nSPS) is 13.4. The highest BCUT2D eigenvalue weighted by molar-refractivity contribution is 5.22. The van der Waals surface area contributed by atoms with Crippen LogP contribution in [0, 0.1) is 0 Å². The molecule has 2 N–H and O–H groups in total. The van der Waals surface area contributed by atoms with Crippen LogP contribution in [0.3, 0.4) is 0 Å². The van der Waals surface area contributed by atoms with E-state index in [1.54, 1.807) is 12.1 Å². The minimum absolute atomic E-state index is 0.249. The van der Waals surface area contributed by atoms with Gasteiger partial charge in [-0.2, -0.15) is 0 Å². The first kappa shape index (κ1) is 15.4. The van der Waals surface area contributed by atoms with E-state index in [9.17, 15) is 10.2 Å². The molecule has 0 fully saturated rings. The Kier molecular flexibility index (Phi) is 6.06. The fraction of sp³-hybridized carbons (Fsp3) is 0.294. The summed E-state index contributed by atoms with van der Waals surface area (Å²) in [6.45, 7) is 0.112. The average Bonchev–Trinajstić information content (AvgIpc) is 2.54. The van der Waals surface area contributed by atoms with Crippen molar-refractivity contribution in [2.45, 2.75) is 18.6 Å². The lowest BCUT2D eigenvalue weighted by atomic mass is 10.1. The Morgan fingerprint density at radius 1 is 0.857 bits per heavy atom. The Morgan fingerprint density at radius 3 is 2.00 bits per heavy atom. The molecule has 0 spiro atoms. The van der Waals surface area contributed by atoms with E-state index in [1.807, 2.05) is 48.5 Å². The van der Waals surface area contributed by atoms with Crippen molar-refractivity contribution in [3.8, 4) is 11.5 Å². The zero-order valence-electron chi connectivity index (χ0n) is 11.8. The minimum atomic E-state index is -0.793. The molecular formula is C17H20O4. The zero-order chi connectivity index (χ0) is 14.9. The summed E-state index contributed by atoms with van der Waals surface area (Å²) in [5, 5.41) is 19.4. The highest BCUT2D eigenvalue weighted by Gasteiger charge is 2.20. The molecule has 0 heterocycles. The summed E-state index contributed by atoms with van der Waals surface area (Å²) < 4.78 is 11.1. The van der Waals surface area contributed by atoms with E-state index >= 15 is 0 Å². The number of para-hydroxylation sites is 2. The van der Waals surface area contributed by atoms with Crippen LogP contribution in [0.25, 0.3) is 0 Å². The van der Waals surface area contributed by atoms with E-state index in [2.05, 4.69) is 0 Å². The van der Waals surface area contributed by atoms with Crippen LogP contribution in [-0.4, -0.2) is 35.6 Å². The summed E-state index contributed by atoms with van der Waals surface area (Å²) in [5.74, 6) is 1.38. The average molecular weight is 288 g/mol. The first-order valence-corrected chi connectivity index (χ1v) is 6.98. The lowest BCUT2D eigenvalue weighted by Crippen LogP contribution is -2.36. The summed E-state index contributed by atoms with van der Waals surface area (Å²) in [4.78, 5) is 0. The van der Waals surface area contributed by atoms with Gasteiger partial charge >= 0.3 is 0 Å². The lowest BCUT2D eigenvalue weighted by molar-refractivity contribution is -0.00761. The fourth-order valence-electron chi connectivity index (χ4n) is 1.91. The molecule has 0 saturated heterocycles. The molecule has 4 nitrogen and oxygen atoms in total. The van der Waals surface area contributed by atoms with Crippen LogP contribution >= 0.6 is 0 Å². The predicted octanol–water partition coefficient (Wildman–Crippen LogP) is 2.26. The molecule has 112 valence electrons. The summed E-state index contributed by atoms with van der Waals surface area (Å²) in [7, 11) is 0. The smallest absolute Gasteiger partial charge is 0.147 e. The molecule has 2 rings (SSSR count). The fourth-order valence-corrected chi connectivity index (χ4v) is 1.91. The number of benzene rings is 2. The van der Waals surface area contributed by atoms with Gasteiger partial charge in [0.2, 0.25) is 0 Å². The highest BCUT2D eigenvalue weighted by Crippen LogP contribution is 2.15. The van der Waals surface area contributed by atoms with Crippen molar-refractivity contribution in [1.82, 2.24) is 0 Å².